The Bertz CT molecular complexity index is 1480. The van der Waals surface area contributed by atoms with E-state index in [1.54, 1.807) is 33.0 Å². The molecule has 1 saturated heterocycles. The third-order valence-electron chi connectivity index (χ3n) is 7.69. The highest BCUT2D eigenvalue weighted by molar-refractivity contribution is 7.17. The number of carbonyl (C=O) groups excluding carboxylic acids is 2. The van der Waals surface area contributed by atoms with Gasteiger partial charge in [0.05, 0.1) is 23.9 Å². The molecule has 0 saturated carbocycles. The standard InChI is InChI=1S/C32H37F3N4O4S/c1-30(2,3)43-27(40)11-15-36-28(41)26-20-37-29(44-26)38-16-12-31(13-17-38)14-18-39(24-9-4-5-10-25(24)42-31)21-22-7-6-8-23(19-22)32(33,34)35/h4-10,19-20H,11-18,21H2,1-3H3,(H,36,41). The van der Waals surface area contributed by atoms with Crippen LogP contribution in [0.2, 0.25) is 0 Å². The van der Waals surface area contributed by atoms with Crippen molar-refractivity contribution in [3.05, 3.63) is 70.7 Å². The highest BCUT2D eigenvalue weighted by Gasteiger charge is 2.40. The fraction of sp³-hybridized carbons (Fsp3) is 0.469. The second kappa shape index (κ2) is 12.7. The number of aromatic nitrogens is 1. The molecule has 1 aromatic heterocycles. The van der Waals surface area contributed by atoms with Gasteiger partial charge in [-0.2, -0.15) is 13.2 Å². The van der Waals surface area contributed by atoms with Crippen molar-refractivity contribution in [2.45, 2.75) is 70.4 Å². The molecule has 2 aromatic carbocycles. The first-order valence-electron chi connectivity index (χ1n) is 14.7. The van der Waals surface area contributed by atoms with Crippen molar-refractivity contribution in [2.24, 2.45) is 0 Å². The summed E-state index contributed by atoms with van der Waals surface area (Å²) in [6.07, 6.45) is -0.568. The van der Waals surface area contributed by atoms with Gasteiger partial charge in [-0.15, -0.1) is 0 Å². The molecular weight excluding hydrogens is 593 g/mol. The summed E-state index contributed by atoms with van der Waals surface area (Å²) in [7, 11) is 0. The van der Waals surface area contributed by atoms with E-state index in [0.717, 1.165) is 41.9 Å². The lowest BCUT2D eigenvalue weighted by molar-refractivity contribution is -0.154. The van der Waals surface area contributed by atoms with Gasteiger partial charge in [0, 0.05) is 52.0 Å². The first-order chi connectivity index (χ1) is 20.8. The van der Waals surface area contributed by atoms with Crippen LogP contribution in [0.4, 0.5) is 24.0 Å². The van der Waals surface area contributed by atoms with Crippen LogP contribution in [-0.2, 0) is 22.3 Å². The molecule has 0 atom stereocenters. The number of ether oxygens (including phenoxy) is 2. The van der Waals surface area contributed by atoms with E-state index in [0.29, 0.717) is 36.6 Å². The van der Waals surface area contributed by atoms with Gasteiger partial charge in [0.1, 0.15) is 21.8 Å². The van der Waals surface area contributed by atoms with E-state index in [-0.39, 0.29) is 24.8 Å². The normalized spacial score (nSPS) is 16.6. The van der Waals surface area contributed by atoms with E-state index in [1.807, 2.05) is 24.3 Å². The van der Waals surface area contributed by atoms with Crippen LogP contribution in [0.3, 0.4) is 0 Å². The zero-order valence-corrected chi connectivity index (χ0v) is 25.9. The minimum atomic E-state index is -4.39. The summed E-state index contributed by atoms with van der Waals surface area (Å²) in [5.41, 5.74) is -0.187. The van der Waals surface area contributed by atoms with Crippen molar-refractivity contribution in [1.82, 2.24) is 10.3 Å². The number of nitrogens with one attached hydrogen (secondary N) is 1. The number of para-hydroxylation sites is 2. The van der Waals surface area contributed by atoms with Gasteiger partial charge >= 0.3 is 12.1 Å². The summed E-state index contributed by atoms with van der Waals surface area (Å²) in [6.45, 7) is 7.91. The van der Waals surface area contributed by atoms with Crippen LogP contribution in [0, 0.1) is 0 Å². The number of hydrogen-bond acceptors (Lipinski definition) is 8. The largest absolute Gasteiger partial charge is 0.485 e. The van der Waals surface area contributed by atoms with Gasteiger partial charge < -0.3 is 24.6 Å². The minimum absolute atomic E-state index is 0.0867. The molecule has 44 heavy (non-hydrogen) atoms. The van der Waals surface area contributed by atoms with Gasteiger partial charge in [-0.3, -0.25) is 9.59 Å². The number of thiazole rings is 1. The van der Waals surface area contributed by atoms with Gasteiger partial charge in [0.2, 0.25) is 0 Å². The van der Waals surface area contributed by atoms with E-state index in [9.17, 15) is 22.8 Å². The number of nitrogens with zero attached hydrogens (tertiary/aromatic N) is 3. The third kappa shape index (κ3) is 7.82. The number of halogens is 3. The lowest BCUT2D eigenvalue weighted by Crippen LogP contribution is -2.48. The lowest BCUT2D eigenvalue weighted by atomic mass is 9.88. The molecule has 0 unspecified atom stereocenters. The number of hydrogen-bond donors (Lipinski definition) is 1. The predicted molar refractivity (Wildman–Crippen MR) is 163 cm³/mol. The first-order valence-corrected chi connectivity index (χ1v) is 15.5. The second-order valence-electron chi connectivity index (χ2n) is 12.2. The number of anilines is 2. The number of fused-ring (bicyclic) bond motifs is 1. The number of amides is 1. The Morgan fingerprint density at radius 3 is 2.50 bits per heavy atom. The summed E-state index contributed by atoms with van der Waals surface area (Å²) in [5.74, 6) is 0.0764. The Morgan fingerprint density at radius 2 is 1.77 bits per heavy atom. The molecule has 0 radical (unpaired) electrons. The number of esters is 1. The average molecular weight is 631 g/mol. The summed E-state index contributed by atoms with van der Waals surface area (Å²) >= 11 is 1.31. The molecular formula is C32H37F3N4O4S. The molecule has 0 aliphatic carbocycles. The molecule has 5 rings (SSSR count). The monoisotopic (exact) mass is 630 g/mol. The molecule has 8 nitrogen and oxygen atoms in total. The van der Waals surface area contributed by atoms with Gasteiger partial charge in [-0.05, 0) is 50.6 Å². The third-order valence-corrected chi connectivity index (χ3v) is 8.75. The summed E-state index contributed by atoms with van der Waals surface area (Å²) < 4.78 is 51.9. The molecule has 1 spiro atoms. The molecule has 1 N–H and O–H groups in total. The van der Waals surface area contributed by atoms with Crippen molar-refractivity contribution in [3.8, 4) is 5.75 Å². The Kier molecular flexibility index (Phi) is 9.10. The van der Waals surface area contributed by atoms with Crippen LogP contribution in [0.15, 0.2) is 54.7 Å². The van der Waals surface area contributed by atoms with Crippen molar-refractivity contribution in [3.63, 3.8) is 0 Å². The topological polar surface area (TPSA) is 84.0 Å². The molecule has 236 valence electrons. The summed E-state index contributed by atoms with van der Waals surface area (Å²) in [6, 6.07) is 13.2. The van der Waals surface area contributed by atoms with Gasteiger partial charge in [-0.25, -0.2) is 4.98 Å². The lowest BCUT2D eigenvalue weighted by Gasteiger charge is -2.41. The quantitative estimate of drug-likeness (QED) is 0.301. The smallest absolute Gasteiger partial charge is 0.416 e. The van der Waals surface area contributed by atoms with Gasteiger partial charge in [0.15, 0.2) is 5.13 Å². The van der Waals surface area contributed by atoms with Crippen molar-refractivity contribution in [1.29, 1.82) is 0 Å². The van der Waals surface area contributed by atoms with Crippen LogP contribution in [0.1, 0.15) is 67.3 Å². The Labute approximate surface area is 259 Å². The molecule has 12 heteroatoms. The van der Waals surface area contributed by atoms with E-state index >= 15 is 0 Å². The predicted octanol–water partition coefficient (Wildman–Crippen LogP) is 6.45. The van der Waals surface area contributed by atoms with Crippen molar-refractivity contribution in [2.75, 3.05) is 36.0 Å². The van der Waals surface area contributed by atoms with Crippen molar-refractivity contribution >= 4 is 34.0 Å². The fourth-order valence-corrected chi connectivity index (χ4v) is 6.39. The summed E-state index contributed by atoms with van der Waals surface area (Å²) in [5, 5.41) is 3.51. The highest BCUT2D eigenvalue weighted by Crippen LogP contribution is 2.42. The zero-order valence-electron chi connectivity index (χ0n) is 25.1. The van der Waals surface area contributed by atoms with Crippen molar-refractivity contribution < 1.29 is 32.2 Å². The maximum absolute atomic E-state index is 13.3. The maximum atomic E-state index is 13.3. The number of benzene rings is 2. The molecule has 2 aliphatic heterocycles. The molecule has 1 amide bonds. The molecule has 1 fully saturated rings. The second-order valence-corrected chi connectivity index (χ2v) is 13.2. The van der Waals surface area contributed by atoms with E-state index < -0.39 is 22.9 Å². The SMILES string of the molecule is CC(C)(C)OC(=O)CCNC(=O)c1cnc(N2CCC3(CC2)CCN(Cc2cccc(C(F)(F)F)c2)c2ccccc2O3)s1. The molecule has 2 aliphatic rings. The number of carbonyl (C=O) groups is 2. The molecule has 3 aromatic rings. The molecule has 0 bridgehead atoms. The average Bonchev–Trinajstić information content (AvgIpc) is 3.40. The van der Waals surface area contributed by atoms with Crippen LogP contribution in [0.25, 0.3) is 0 Å². The number of rotatable bonds is 7. The zero-order chi connectivity index (χ0) is 31.5. The number of alkyl halides is 3. The van der Waals surface area contributed by atoms with Crippen LogP contribution >= 0.6 is 11.3 Å². The first kappa shape index (κ1) is 31.6. The Hall–Kier alpha value is -3.80. The molecule has 3 heterocycles. The van der Waals surface area contributed by atoms with E-state index in [1.165, 1.54) is 23.5 Å². The van der Waals surface area contributed by atoms with Gasteiger partial charge in [0.25, 0.3) is 5.91 Å². The maximum Gasteiger partial charge on any atom is 0.416 e. The van der Waals surface area contributed by atoms with E-state index in [2.05, 4.69) is 20.1 Å². The van der Waals surface area contributed by atoms with E-state index in [4.69, 9.17) is 9.47 Å². The minimum Gasteiger partial charge on any atom is -0.485 e. The fourth-order valence-electron chi connectivity index (χ4n) is 5.51. The Balaban J connectivity index is 1.19. The van der Waals surface area contributed by atoms with Crippen LogP contribution < -0.4 is 19.9 Å². The van der Waals surface area contributed by atoms with Crippen LogP contribution in [0.5, 0.6) is 5.75 Å². The van der Waals surface area contributed by atoms with Crippen LogP contribution in [-0.4, -0.2) is 54.2 Å². The Morgan fingerprint density at radius 1 is 1.05 bits per heavy atom. The van der Waals surface area contributed by atoms with Gasteiger partial charge in [-0.1, -0.05) is 35.6 Å². The summed E-state index contributed by atoms with van der Waals surface area (Å²) in [4.78, 5) is 33.8. The highest BCUT2D eigenvalue weighted by atomic mass is 32.1. The number of piperidine rings is 1.